The molecule has 0 spiro atoms. The van der Waals surface area contributed by atoms with Gasteiger partial charge in [-0.2, -0.15) is 0 Å². The summed E-state index contributed by atoms with van der Waals surface area (Å²) in [5.41, 5.74) is 1.83. The van der Waals surface area contributed by atoms with Crippen LogP contribution in [0.4, 0.5) is 11.4 Å². The molecule has 0 saturated carbocycles. The Labute approximate surface area is 258 Å². The zero-order chi connectivity index (χ0) is 30.2. The number of rotatable bonds is 7. The average Bonchev–Trinajstić information content (AvgIpc) is 3.45. The molecule has 10 nitrogen and oxygen atoms in total. The number of nitrogens with zero attached hydrogens (tertiary/aromatic N) is 3. The van der Waals surface area contributed by atoms with E-state index in [9.17, 15) is 24.0 Å². The van der Waals surface area contributed by atoms with Crippen molar-refractivity contribution in [1.29, 1.82) is 0 Å². The minimum absolute atomic E-state index is 0.220. The monoisotopic (exact) mass is 634 g/mol. The van der Waals surface area contributed by atoms with Crippen molar-refractivity contribution >= 4 is 69.8 Å². The second-order valence-corrected chi connectivity index (χ2v) is 12.3. The fraction of sp³-hybridized carbons (Fsp3) is 0.200. The summed E-state index contributed by atoms with van der Waals surface area (Å²) in [6, 6.07) is 16.2. The summed E-state index contributed by atoms with van der Waals surface area (Å²) >= 11 is 8.01. The first-order valence-electron chi connectivity index (χ1n) is 13.3. The highest BCUT2D eigenvalue weighted by atomic mass is 35.5. The molecule has 2 aliphatic heterocycles. The Hall–Kier alpha value is -4.26. The van der Waals surface area contributed by atoms with E-state index in [0.717, 1.165) is 28.0 Å². The van der Waals surface area contributed by atoms with Crippen LogP contribution in [-0.4, -0.2) is 45.1 Å². The smallest absolute Gasteiger partial charge is 0.338 e. The zero-order valence-electron chi connectivity index (χ0n) is 22.6. The molecule has 0 bridgehead atoms. The van der Waals surface area contributed by atoms with E-state index < -0.39 is 40.8 Å². The van der Waals surface area contributed by atoms with E-state index in [1.165, 1.54) is 28.8 Å². The fourth-order valence-corrected chi connectivity index (χ4v) is 8.17. The number of thioether (sulfide) groups is 1. The van der Waals surface area contributed by atoms with E-state index in [4.69, 9.17) is 16.3 Å². The topological polar surface area (TPSA) is 128 Å². The molecule has 4 aromatic rings. The largest absolute Gasteiger partial charge is 0.462 e. The van der Waals surface area contributed by atoms with Crippen molar-refractivity contribution in [3.8, 4) is 0 Å². The summed E-state index contributed by atoms with van der Waals surface area (Å²) in [5, 5.41) is 2.90. The lowest BCUT2D eigenvalue weighted by atomic mass is 9.84. The van der Waals surface area contributed by atoms with Gasteiger partial charge in [0.2, 0.25) is 17.7 Å². The number of halogens is 1. The maximum Gasteiger partial charge on any atom is 0.338 e. The molecule has 3 amide bonds. The van der Waals surface area contributed by atoms with E-state index in [2.05, 4.69) is 10.3 Å². The molecule has 1 N–H and O–H groups in total. The standard InChI is InChI=1S/C30H23ClN4O6S2/c1-2-41-29(39)16-5-11-20(12-6-16)35-26(37)23-22(17-4-3-13-32-14-17)25-28(42-24(23)27(35)38)34(30(40)43-25)15-21(36)33-19-9-7-18(31)8-10-19/h3-14,22-24H,2,15H2,1H3,(H,33,36)/t22-,23-,24+/m0/s1. The van der Waals surface area contributed by atoms with Gasteiger partial charge in [-0.05, 0) is 67.1 Å². The van der Waals surface area contributed by atoms with Gasteiger partial charge in [0.1, 0.15) is 11.8 Å². The number of fused-ring (bicyclic) bond motifs is 2. The maximum absolute atomic E-state index is 14.0. The first-order valence-corrected chi connectivity index (χ1v) is 15.3. The number of hydrogen-bond acceptors (Lipinski definition) is 9. The van der Waals surface area contributed by atoms with E-state index in [0.29, 0.717) is 37.4 Å². The Balaban J connectivity index is 1.35. The number of pyridine rings is 1. The second-order valence-electron chi connectivity index (χ2n) is 9.79. The molecule has 2 aromatic carbocycles. The number of nitrogens with one attached hydrogen (secondary N) is 1. The number of anilines is 2. The van der Waals surface area contributed by atoms with Crippen molar-refractivity contribution in [2.75, 3.05) is 16.8 Å². The van der Waals surface area contributed by atoms with Gasteiger partial charge in [-0.1, -0.05) is 40.8 Å². The van der Waals surface area contributed by atoms with E-state index in [1.807, 2.05) is 6.07 Å². The van der Waals surface area contributed by atoms with Gasteiger partial charge in [-0.3, -0.25) is 28.7 Å². The van der Waals surface area contributed by atoms with Crippen LogP contribution in [0.3, 0.4) is 0 Å². The molecule has 43 heavy (non-hydrogen) atoms. The van der Waals surface area contributed by atoms with Crippen molar-refractivity contribution in [1.82, 2.24) is 9.55 Å². The Morgan fingerprint density at radius 3 is 2.44 bits per heavy atom. The van der Waals surface area contributed by atoms with Crippen molar-refractivity contribution in [2.24, 2.45) is 5.92 Å². The van der Waals surface area contributed by atoms with Gasteiger partial charge < -0.3 is 10.1 Å². The lowest BCUT2D eigenvalue weighted by Gasteiger charge is -2.30. The Morgan fingerprint density at radius 1 is 1.02 bits per heavy atom. The van der Waals surface area contributed by atoms with Gasteiger partial charge in [0.05, 0.1) is 28.8 Å². The molecular formula is C30H23ClN4O6S2. The summed E-state index contributed by atoms with van der Waals surface area (Å²) in [5.74, 6) is -3.24. The molecule has 2 aromatic heterocycles. The Bertz CT molecular complexity index is 1790. The van der Waals surface area contributed by atoms with Crippen LogP contribution >= 0.6 is 34.7 Å². The SMILES string of the molecule is CCOC(=O)c1ccc(N2C(=O)[C@H]3[C@H](c4cccnc4)c4sc(=O)n(CC(=O)Nc5ccc(Cl)cc5)c4S[C@H]3C2=O)cc1. The van der Waals surface area contributed by atoms with Gasteiger partial charge in [0.25, 0.3) is 0 Å². The molecule has 6 rings (SSSR count). The Morgan fingerprint density at radius 2 is 1.77 bits per heavy atom. The Kier molecular flexibility index (Phi) is 7.91. The van der Waals surface area contributed by atoms with E-state index in [1.54, 1.807) is 49.6 Å². The number of carbonyl (C=O) groups excluding carboxylic acids is 4. The molecule has 0 unspecified atom stereocenters. The van der Waals surface area contributed by atoms with E-state index >= 15 is 0 Å². The van der Waals surface area contributed by atoms with Crippen LogP contribution in [0.1, 0.15) is 33.6 Å². The molecule has 0 radical (unpaired) electrons. The van der Waals surface area contributed by atoms with Crippen LogP contribution in [-0.2, 0) is 25.7 Å². The number of thiazole rings is 1. The van der Waals surface area contributed by atoms with Crippen LogP contribution in [0.15, 0.2) is 82.9 Å². The molecule has 1 fully saturated rings. The molecule has 13 heteroatoms. The van der Waals surface area contributed by atoms with Gasteiger partial charge in [-0.15, -0.1) is 0 Å². The number of benzene rings is 2. The lowest BCUT2D eigenvalue weighted by molar-refractivity contribution is -0.122. The van der Waals surface area contributed by atoms with E-state index in [-0.39, 0.29) is 18.0 Å². The number of esters is 1. The molecule has 2 aliphatic rings. The minimum Gasteiger partial charge on any atom is -0.462 e. The maximum atomic E-state index is 14.0. The van der Waals surface area contributed by atoms with Crippen LogP contribution in [0, 0.1) is 5.92 Å². The van der Waals surface area contributed by atoms with Crippen molar-refractivity contribution in [3.63, 3.8) is 0 Å². The summed E-state index contributed by atoms with van der Waals surface area (Å²) in [7, 11) is 0. The van der Waals surface area contributed by atoms with Gasteiger partial charge in [0, 0.05) is 33.9 Å². The fourth-order valence-electron chi connectivity index (χ4n) is 5.27. The highest BCUT2D eigenvalue weighted by Gasteiger charge is 2.56. The molecule has 0 aliphatic carbocycles. The number of ether oxygens (including phenoxy) is 1. The number of imide groups is 1. The molecule has 4 heterocycles. The highest BCUT2D eigenvalue weighted by Crippen LogP contribution is 2.53. The number of hydrogen-bond donors (Lipinski definition) is 1. The van der Waals surface area contributed by atoms with Crippen molar-refractivity contribution < 1.29 is 23.9 Å². The molecule has 1 saturated heterocycles. The number of amides is 3. The third-order valence-corrected chi connectivity index (χ3v) is 10.0. The highest BCUT2D eigenvalue weighted by molar-refractivity contribution is 8.00. The van der Waals surface area contributed by atoms with Crippen LogP contribution in [0.2, 0.25) is 5.02 Å². The van der Waals surface area contributed by atoms with Crippen LogP contribution in [0.5, 0.6) is 0 Å². The summed E-state index contributed by atoms with van der Waals surface area (Å²) in [6.07, 6.45) is 3.23. The predicted molar refractivity (Wildman–Crippen MR) is 163 cm³/mol. The average molecular weight is 635 g/mol. The first kappa shape index (κ1) is 28.8. The number of aromatic nitrogens is 2. The molecular weight excluding hydrogens is 612 g/mol. The summed E-state index contributed by atoms with van der Waals surface area (Å²) in [4.78, 5) is 71.8. The van der Waals surface area contributed by atoms with Gasteiger partial charge in [-0.25, -0.2) is 9.69 Å². The van der Waals surface area contributed by atoms with Crippen molar-refractivity contribution in [3.05, 3.63) is 104 Å². The first-order chi connectivity index (χ1) is 20.8. The number of carbonyl (C=O) groups is 4. The normalized spacial score (nSPS) is 19.1. The van der Waals surface area contributed by atoms with Gasteiger partial charge >= 0.3 is 10.8 Å². The minimum atomic E-state index is -0.852. The summed E-state index contributed by atoms with van der Waals surface area (Å²) < 4.78 is 6.38. The molecule has 3 atom stereocenters. The molecule has 218 valence electrons. The lowest BCUT2D eigenvalue weighted by Crippen LogP contribution is -2.33. The predicted octanol–water partition coefficient (Wildman–Crippen LogP) is 4.57. The van der Waals surface area contributed by atoms with Gasteiger partial charge in [0.15, 0.2) is 0 Å². The van der Waals surface area contributed by atoms with Crippen LogP contribution in [0.25, 0.3) is 0 Å². The third-order valence-electron chi connectivity index (χ3n) is 7.16. The third kappa shape index (κ3) is 5.37. The summed E-state index contributed by atoms with van der Waals surface area (Å²) in [6.45, 7) is 1.65. The van der Waals surface area contributed by atoms with Crippen molar-refractivity contribution in [2.45, 2.75) is 29.7 Å². The zero-order valence-corrected chi connectivity index (χ0v) is 24.9. The van der Waals surface area contributed by atoms with Crippen LogP contribution < -0.4 is 15.1 Å². The second kappa shape index (κ2) is 11.8. The quantitative estimate of drug-likeness (QED) is 0.231.